The van der Waals surface area contributed by atoms with Gasteiger partial charge in [-0.2, -0.15) is 0 Å². The van der Waals surface area contributed by atoms with Crippen LogP contribution in [-0.4, -0.2) is 10.6 Å². The van der Waals surface area contributed by atoms with Gasteiger partial charge < -0.3 is 0 Å². The molecule has 0 unspecified atom stereocenters. The maximum atomic E-state index is 12.3. The number of Topliss-reactive ketones (excluding diaryl/α,β-unsaturated/α-hetero) is 1. The Balaban J connectivity index is 1.90. The summed E-state index contributed by atoms with van der Waals surface area (Å²) < 4.78 is 0. The molecular weight excluding hydrogens is 252 g/mol. The Kier molecular flexibility index (Phi) is 2.28. The Morgan fingerprint density at radius 3 is 1.87 bits per heavy atom. The van der Waals surface area contributed by atoms with E-state index in [1.54, 1.807) is 0 Å². The third kappa shape index (κ3) is 1.51. The second kappa shape index (κ2) is 3.32. The number of hydrogen-bond donors (Lipinski definition) is 0. The zero-order valence-electron chi connectivity index (χ0n) is 9.34. The highest BCUT2D eigenvalue weighted by Gasteiger charge is 2.54. The van der Waals surface area contributed by atoms with Crippen LogP contribution in [0.1, 0.15) is 45.4 Å². The minimum absolute atomic E-state index is 0.0637. The molecule has 0 radical (unpaired) electrons. The van der Waals surface area contributed by atoms with E-state index in [4.69, 9.17) is 0 Å². The van der Waals surface area contributed by atoms with Crippen molar-refractivity contribution >= 4 is 21.7 Å². The van der Waals surface area contributed by atoms with E-state index < -0.39 is 0 Å². The minimum atomic E-state index is 0.0637. The Hall–Kier alpha value is 0.150. The van der Waals surface area contributed by atoms with Crippen molar-refractivity contribution in [1.82, 2.24) is 0 Å². The van der Waals surface area contributed by atoms with E-state index in [0.29, 0.717) is 5.78 Å². The Labute approximate surface area is 100 Å². The van der Waals surface area contributed by atoms with E-state index in [0.717, 1.165) is 17.8 Å². The lowest BCUT2D eigenvalue weighted by atomic mass is 9.48. The standard InChI is InChI=1S/C13H19BrO/c1-8(14)12(15)13-5-9-2-10(6-13)4-11(3-9)7-13/h8-11H,2-7H2,1H3/t8-,9?,10?,11?,13?/m1/s1. The summed E-state index contributed by atoms with van der Waals surface area (Å²) in [6.45, 7) is 2.00. The minimum Gasteiger partial charge on any atom is -0.298 e. The lowest BCUT2D eigenvalue weighted by Crippen LogP contribution is -2.51. The predicted octanol–water partition coefficient (Wildman–Crippen LogP) is 3.56. The quantitative estimate of drug-likeness (QED) is 0.702. The summed E-state index contributed by atoms with van der Waals surface area (Å²) in [6.07, 6.45) is 7.87. The molecule has 0 aliphatic heterocycles. The van der Waals surface area contributed by atoms with Crippen LogP contribution in [0.3, 0.4) is 0 Å². The molecule has 1 atom stereocenters. The molecule has 0 heterocycles. The molecule has 4 aliphatic carbocycles. The summed E-state index contributed by atoms with van der Waals surface area (Å²) in [5.74, 6) is 3.14. The molecule has 0 amide bonds. The van der Waals surface area contributed by atoms with Gasteiger partial charge in [0, 0.05) is 5.41 Å². The molecule has 4 aliphatic rings. The van der Waals surface area contributed by atoms with Crippen molar-refractivity contribution in [3.8, 4) is 0 Å². The Morgan fingerprint density at radius 1 is 1.13 bits per heavy atom. The van der Waals surface area contributed by atoms with Gasteiger partial charge in [-0.1, -0.05) is 15.9 Å². The van der Waals surface area contributed by atoms with E-state index >= 15 is 0 Å². The van der Waals surface area contributed by atoms with Crippen LogP contribution < -0.4 is 0 Å². The van der Waals surface area contributed by atoms with Gasteiger partial charge in [-0.25, -0.2) is 0 Å². The molecule has 4 rings (SSSR count). The maximum absolute atomic E-state index is 12.3. The third-order valence-corrected chi connectivity index (χ3v) is 5.34. The van der Waals surface area contributed by atoms with Crippen LogP contribution in [0.5, 0.6) is 0 Å². The van der Waals surface area contributed by atoms with Gasteiger partial charge in [0.25, 0.3) is 0 Å². The first-order valence-corrected chi connectivity index (χ1v) is 7.19. The number of ketones is 1. The molecule has 1 nitrogen and oxygen atoms in total. The van der Waals surface area contributed by atoms with Crippen LogP contribution >= 0.6 is 15.9 Å². The fourth-order valence-corrected chi connectivity index (χ4v) is 5.32. The molecule has 4 saturated carbocycles. The van der Waals surface area contributed by atoms with E-state index in [2.05, 4.69) is 15.9 Å². The summed E-state index contributed by atoms with van der Waals surface area (Å²) in [7, 11) is 0. The molecule has 0 aromatic heterocycles. The lowest BCUT2D eigenvalue weighted by Gasteiger charge is -2.56. The molecule has 2 heteroatoms. The molecule has 0 aromatic carbocycles. The van der Waals surface area contributed by atoms with Crippen LogP contribution in [0.15, 0.2) is 0 Å². The van der Waals surface area contributed by atoms with Gasteiger partial charge in [-0.3, -0.25) is 4.79 Å². The van der Waals surface area contributed by atoms with Crippen molar-refractivity contribution in [2.75, 3.05) is 0 Å². The molecule has 0 N–H and O–H groups in total. The first kappa shape index (κ1) is 10.3. The van der Waals surface area contributed by atoms with E-state index in [9.17, 15) is 4.79 Å². The van der Waals surface area contributed by atoms with Crippen LogP contribution in [0, 0.1) is 23.2 Å². The molecule has 0 saturated heterocycles. The lowest BCUT2D eigenvalue weighted by molar-refractivity contribution is -0.142. The van der Waals surface area contributed by atoms with Crippen molar-refractivity contribution in [2.45, 2.75) is 50.3 Å². The topological polar surface area (TPSA) is 17.1 Å². The second-order valence-corrected chi connectivity index (χ2v) is 7.55. The van der Waals surface area contributed by atoms with Gasteiger partial charge in [0.15, 0.2) is 5.78 Å². The van der Waals surface area contributed by atoms with Crippen LogP contribution in [0.25, 0.3) is 0 Å². The molecule has 4 fully saturated rings. The zero-order chi connectivity index (χ0) is 10.6. The van der Waals surface area contributed by atoms with Crippen LogP contribution in [0.2, 0.25) is 0 Å². The number of alkyl halides is 1. The van der Waals surface area contributed by atoms with Gasteiger partial charge >= 0.3 is 0 Å². The number of carbonyl (C=O) groups excluding carboxylic acids is 1. The fraction of sp³-hybridized carbons (Fsp3) is 0.923. The normalized spacial score (nSPS) is 49.3. The highest BCUT2D eigenvalue weighted by atomic mass is 79.9. The Bertz CT molecular complexity index is 260. The van der Waals surface area contributed by atoms with Gasteiger partial charge in [-0.15, -0.1) is 0 Å². The van der Waals surface area contributed by atoms with Crippen molar-refractivity contribution in [3.63, 3.8) is 0 Å². The average molecular weight is 271 g/mol. The predicted molar refractivity (Wildman–Crippen MR) is 64.0 cm³/mol. The van der Waals surface area contributed by atoms with Crippen molar-refractivity contribution in [1.29, 1.82) is 0 Å². The SMILES string of the molecule is C[C@@H](Br)C(=O)C12CC3CC(CC(C3)C1)C2. The maximum Gasteiger partial charge on any atom is 0.152 e. The summed E-state index contributed by atoms with van der Waals surface area (Å²) in [6, 6.07) is 0. The van der Waals surface area contributed by atoms with Gasteiger partial charge in [0.2, 0.25) is 0 Å². The largest absolute Gasteiger partial charge is 0.298 e. The smallest absolute Gasteiger partial charge is 0.152 e. The highest BCUT2D eigenvalue weighted by Crippen LogP contribution is 2.60. The van der Waals surface area contributed by atoms with E-state index in [-0.39, 0.29) is 10.2 Å². The molecule has 0 spiro atoms. The Morgan fingerprint density at radius 2 is 1.53 bits per heavy atom. The van der Waals surface area contributed by atoms with Gasteiger partial charge in [-0.05, 0) is 63.2 Å². The number of halogens is 1. The number of carbonyl (C=O) groups is 1. The summed E-state index contributed by atoms with van der Waals surface area (Å²) >= 11 is 3.48. The van der Waals surface area contributed by atoms with Gasteiger partial charge in [0.05, 0.1) is 4.83 Å². The third-order valence-electron chi connectivity index (χ3n) is 4.92. The van der Waals surface area contributed by atoms with Crippen LogP contribution in [-0.2, 0) is 4.79 Å². The first-order chi connectivity index (χ1) is 7.09. The first-order valence-electron chi connectivity index (χ1n) is 6.27. The van der Waals surface area contributed by atoms with E-state index in [1.807, 2.05) is 6.92 Å². The second-order valence-electron chi connectivity index (χ2n) is 6.18. The average Bonchev–Trinajstić information content (AvgIpc) is 2.14. The summed E-state index contributed by atoms with van der Waals surface area (Å²) in [5.41, 5.74) is 0.0949. The summed E-state index contributed by atoms with van der Waals surface area (Å²) in [5, 5.41) is 0. The molecule has 4 bridgehead atoms. The highest BCUT2D eigenvalue weighted by molar-refractivity contribution is 9.10. The number of rotatable bonds is 2. The molecule has 84 valence electrons. The van der Waals surface area contributed by atoms with Crippen LogP contribution in [0.4, 0.5) is 0 Å². The summed E-state index contributed by atoms with van der Waals surface area (Å²) in [4.78, 5) is 12.4. The fourth-order valence-electron chi connectivity index (χ4n) is 4.83. The van der Waals surface area contributed by atoms with E-state index in [1.165, 1.54) is 38.5 Å². The number of hydrogen-bond acceptors (Lipinski definition) is 1. The molecular formula is C13H19BrO. The van der Waals surface area contributed by atoms with Crippen molar-refractivity contribution in [2.24, 2.45) is 23.2 Å². The zero-order valence-corrected chi connectivity index (χ0v) is 10.9. The molecule has 15 heavy (non-hydrogen) atoms. The van der Waals surface area contributed by atoms with Crippen molar-refractivity contribution in [3.05, 3.63) is 0 Å². The van der Waals surface area contributed by atoms with Gasteiger partial charge in [0.1, 0.15) is 0 Å². The van der Waals surface area contributed by atoms with Crippen molar-refractivity contribution < 1.29 is 4.79 Å². The monoisotopic (exact) mass is 270 g/mol. The molecule has 0 aromatic rings.